The average Bonchev–Trinajstić information content (AvgIpc) is 2.63. The molecule has 2 aromatic heterocycles. The van der Waals surface area contributed by atoms with E-state index in [4.69, 9.17) is 0 Å². The Labute approximate surface area is 112 Å². The normalized spacial score (nSPS) is 14.9. The van der Waals surface area contributed by atoms with Gasteiger partial charge in [-0.3, -0.25) is 0 Å². The number of rotatable bonds is 1. The van der Waals surface area contributed by atoms with E-state index in [0.717, 1.165) is 43.1 Å². The third-order valence-electron chi connectivity index (χ3n) is 3.55. The van der Waals surface area contributed by atoms with E-state index in [9.17, 15) is 0 Å². The Morgan fingerprint density at radius 3 is 2.47 bits per heavy atom. The molecule has 5 heteroatoms. The van der Waals surface area contributed by atoms with Crippen LogP contribution in [0, 0.1) is 13.8 Å². The molecule has 0 spiro atoms. The van der Waals surface area contributed by atoms with Gasteiger partial charge in [-0.1, -0.05) is 0 Å². The van der Waals surface area contributed by atoms with Gasteiger partial charge in [0.15, 0.2) is 0 Å². The predicted molar refractivity (Wildman–Crippen MR) is 73.2 cm³/mol. The largest absolute Gasteiger partial charge is 0.340 e. The molecule has 0 saturated heterocycles. The van der Waals surface area contributed by atoms with Gasteiger partial charge in [0.25, 0.3) is 0 Å². The van der Waals surface area contributed by atoms with Gasteiger partial charge in [0, 0.05) is 43.3 Å². The first kappa shape index (κ1) is 12.0. The van der Waals surface area contributed by atoms with Crippen LogP contribution in [0.4, 0.5) is 5.95 Å². The van der Waals surface area contributed by atoms with Crippen LogP contribution >= 0.6 is 0 Å². The summed E-state index contributed by atoms with van der Waals surface area (Å²) >= 11 is 0. The van der Waals surface area contributed by atoms with Gasteiger partial charge in [0.05, 0.1) is 0 Å². The highest BCUT2D eigenvalue weighted by atomic mass is 15.2. The molecule has 0 unspecified atom stereocenters. The number of hydrogen-bond donors (Lipinski definition) is 0. The van der Waals surface area contributed by atoms with E-state index in [0.29, 0.717) is 0 Å². The van der Waals surface area contributed by atoms with E-state index in [1.54, 1.807) is 6.33 Å². The number of hydrogen-bond acceptors (Lipinski definition) is 5. The van der Waals surface area contributed by atoms with E-state index in [1.165, 1.54) is 11.3 Å². The molecular formula is C14H17N5. The SMILES string of the molecule is Cc1cnc(N2CCc3ncnc(C)c3CC2)nc1. The lowest BCUT2D eigenvalue weighted by Crippen LogP contribution is -2.27. The minimum Gasteiger partial charge on any atom is -0.340 e. The maximum Gasteiger partial charge on any atom is 0.225 e. The molecule has 98 valence electrons. The Kier molecular flexibility index (Phi) is 3.11. The Balaban J connectivity index is 1.83. The van der Waals surface area contributed by atoms with Crippen LogP contribution in [0.3, 0.4) is 0 Å². The van der Waals surface area contributed by atoms with Gasteiger partial charge in [-0.05, 0) is 31.4 Å². The van der Waals surface area contributed by atoms with Crippen molar-refractivity contribution in [2.45, 2.75) is 26.7 Å². The van der Waals surface area contributed by atoms with E-state index in [1.807, 2.05) is 19.3 Å². The monoisotopic (exact) mass is 255 g/mol. The summed E-state index contributed by atoms with van der Waals surface area (Å²) in [6, 6.07) is 0. The lowest BCUT2D eigenvalue weighted by atomic mass is 10.1. The first-order chi connectivity index (χ1) is 9.24. The molecule has 0 saturated carbocycles. The van der Waals surface area contributed by atoms with Gasteiger partial charge >= 0.3 is 0 Å². The highest BCUT2D eigenvalue weighted by Gasteiger charge is 2.18. The molecule has 0 radical (unpaired) electrons. The molecule has 0 aliphatic carbocycles. The summed E-state index contributed by atoms with van der Waals surface area (Å²) in [4.78, 5) is 19.7. The van der Waals surface area contributed by atoms with Gasteiger partial charge < -0.3 is 4.90 Å². The summed E-state index contributed by atoms with van der Waals surface area (Å²) in [5.74, 6) is 0.809. The zero-order chi connectivity index (χ0) is 13.2. The molecule has 0 aromatic carbocycles. The van der Waals surface area contributed by atoms with Crippen molar-refractivity contribution in [3.63, 3.8) is 0 Å². The molecule has 3 rings (SSSR count). The summed E-state index contributed by atoms with van der Waals surface area (Å²) in [7, 11) is 0. The Bertz CT molecular complexity index is 579. The van der Waals surface area contributed by atoms with Crippen LogP contribution < -0.4 is 4.90 Å². The second-order valence-electron chi connectivity index (χ2n) is 4.93. The van der Waals surface area contributed by atoms with Crippen molar-refractivity contribution in [1.82, 2.24) is 19.9 Å². The first-order valence-electron chi connectivity index (χ1n) is 6.57. The smallest absolute Gasteiger partial charge is 0.225 e. The van der Waals surface area contributed by atoms with E-state index < -0.39 is 0 Å². The standard InChI is InChI=1S/C14H17N5/c1-10-7-15-14(16-8-10)19-5-3-12-11(2)17-9-18-13(12)4-6-19/h7-9H,3-6H2,1-2H3. The van der Waals surface area contributed by atoms with Gasteiger partial charge in [-0.15, -0.1) is 0 Å². The fraction of sp³-hybridized carbons (Fsp3) is 0.429. The zero-order valence-electron chi connectivity index (χ0n) is 11.3. The second kappa shape index (κ2) is 4.91. The third kappa shape index (κ3) is 2.41. The summed E-state index contributed by atoms with van der Waals surface area (Å²) < 4.78 is 0. The fourth-order valence-corrected chi connectivity index (χ4v) is 2.44. The van der Waals surface area contributed by atoms with Crippen LogP contribution in [-0.2, 0) is 12.8 Å². The quantitative estimate of drug-likeness (QED) is 0.772. The summed E-state index contributed by atoms with van der Waals surface area (Å²) in [6.45, 7) is 5.89. The molecular weight excluding hydrogens is 238 g/mol. The minimum absolute atomic E-state index is 0.809. The molecule has 0 bridgehead atoms. The van der Waals surface area contributed by atoms with Crippen molar-refractivity contribution in [2.24, 2.45) is 0 Å². The Morgan fingerprint density at radius 2 is 1.68 bits per heavy atom. The van der Waals surface area contributed by atoms with Crippen molar-refractivity contribution in [3.05, 3.63) is 41.2 Å². The van der Waals surface area contributed by atoms with Crippen LogP contribution in [0.15, 0.2) is 18.7 Å². The molecule has 19 heavy (non-hydrogen) atoms. The fourth-order valence-electron chi connectivity index (χ4n) is 2.44. The van der Waals surface area contributed by atoms with Crippen LogP contribution in [0.5, 0.6) is 0 Å². The second-order valence-corrected chi connectivity index (χ2v) is 4.93. The maximum absolute atomic E-state index is 4.41. The van der Waals surface area contributed by atoms with Gasteiger partial charge in [0.1, 0.15) is 6.33 Å². The summed E-state index contributed by atoms with van der Waals surface area (Å²) in [5, 5.41) is 0. The van der Waals surface area contributed by atoms with Crippen molar-refractivity contribution in [1.29, 1.82) is 0 Å². The van der Waals surface area contributed by atoms with E-state index in [-0.39, 0.29) is 0 Å². The van der Waals surface area contributed by atoms with Crippen LogP contribution in [-0.4, -0.2) is 33.0 Å². The average molecular weight is 255 g/mol. The molecule has 2 aromatic rings. The first-order valence-corrected chi connectivity index (χ1v) is 6.57. The molecule has 1 aliphatic heterocycles. The molecule has 1 aliphatic rings. The van der Waals surface area contributed by atoms with Crippen LogP contribution in [0.1, 0.15) is 22.5 Å². The molecule has 5 nitrogen and oxygen atoms in total. The number of anilines is 1. The van der Waals surface area contributed by atoms with Crippen molar-refractivity contribution in [3.8, 4) is 0 Å². The number of aryl methyl sites for hydroxylation is 2. The molecule has 0 fully saturated rings. The van der Waals surface area contributed by atoms with Crippen molar-refractivity contribution < 1.29 is 0 Å². The Morgan fingerprint density at radius 1 is 0.947 bits per heavy atom. The zero-order valence-corrected chi connectivity index (χ0v) is 11.3. The Hall–Kier alpha value is -2.04. The lowest BCUT2D eigenvalue weighted by molar-refractivity contribution is 0.767. The highest BCUT2D eigenvalue weighted by molar-refractivity contribution is 5.35. The molecule has 0 amide bonds. The minimum atomic E-state index is 0.809. The third-order valence-corrected chi connectivity index (χ3v) is 3.55. The number of fused-ring (bicyclic) bond motifs is 1. The van der Waals surface area contributed by atoms with Gasteiger partial charge in [0.2, 0.25) is 5.95 Å². The predicted octanol–water partition coefficient (Wildman–Crippen LogP) is 1.49. The lowest BCUT2D eigenvalue weighted by Gasteiger charge is -2.19. The van der Waals surface area contributed by atoms with Gasteiger partial charge in [-0.2, -0.15) is 0 Å². The summed E-state index contributed by atoms with van der Waals surface area (Å²) in [5.41, 5.74) is 4.64. The number of nitrogens with zero attached hydrogens (tertiary/aromatic N) is 5. The maximum atomic E-state index is 4.41. The number of aromatic nitrogens is 4. The summed E-state index contributed by atoms with van der Waals surface area (Å²) in [6.07, 6.45) is 7.28. The van der Waals surface area contributed by atoms with Crippen LogP contribution in [0.25, 0.3) is 0 Å². The van der Waals surface area contributed by atoms with Crippen molar-refractivity contribution in [2.75, 3.05) is 18.0 Å². The molecule has 0 N–H and O–H groups in total. The van der Waals surface area contributed by atoms with Crippen molar-refractivity contribution >= 4 is 5.95 Å². The van der Waals surface area contributed by atoms with E-state index >= 15 is 0 Å². The van der Waals surface area contributed by atoms with Gasteiger partial charge in [-0.25, -0.2) is 19.9 Å². The molecule has 3 heterocycles. The molecule has 0 atom stereocenters. The topological polar surface area (TPSA) is 54.8 Å². The van der Waals surface area contributed by atoms with E-state index in [2.05, 4.69) is 31.8 Å². The van der Waals surface area contributed by atoms with Crippen LogP contribution in [0.2, 0.25) is 0 Å². The highest BCUT2D eigenvalue weighted by Crippen LogP contribution is 2.18.